The standard InChI is InChI=1S/C19H33N5.HI/c1-15(2)7-6-8-16(3)23-19(20)22-14-17-9-10-18(21-13-17)24-11-4-5-12-24;/h9-10,13,15-16H,4-8,11-12,14H2,1-3H3,(H3,20,22,23);1H. The lowest BCUT2D eigenvalue weighted by molar-refractivity contribution is 0.493. The predicted molar refractivity (Wildman–Crippen MR) is 118 cm³/mol. The molecule has 2 heterocycles. The Morgan fingerprint density at radius 2 is 1.96 bits per heavy atom. The first-order valence-corrected chi connectivity index (χ1v) is 9.31. The molecule has 5 nitrogen and oxygen atoms in total. The normalized spacial score (nSPS) is 16.0. The zero-order valence-electron chi connectivity index (χ0n) is 15.9. The van der Waals surface area contributed by atoms with Crippen LogP contribution < -0.4 is 16.0 Å². The van der Waals surface area contributed by atoms with Gasteiger partial charge in [0.25, 0.3) is 0 Å². The van der Waals surface area contributed by atoms with Gasteiger partial charge < -0.3 is 16.0 Å². The third kappa shape index (κ3) is 8.25. The summed E-state index contributed by atoms with van der Waals surface area (Å²) >= 11 is 0. The van der Waals surface area contributed by atoms with Crippen molar-refractivity contribution < 1.29 is 0 Å². The van der Waals surface area contributed by atoms with Crippen LogP contribution in [-0.2, 0) is 6.54 Å². The predicted octanol–water partition coefficient (Wildman–Crippen LogP) is 3.92. The molecule has 1 atom stereocenters. The maximum atomic E-state index is 5.99. The molecule has 0 radical (unpaired) electrons. The van der Waals surface area contributed by atoms with Gasteiger partial charge in [0.2, 0.25) is 0 Å². The first kappa shape index (κ1) is 22.0. The van der Waals surface area contributed by atoms with Crippen LogP contribution in [0.15, 0.2) is 23.3 Å². The van der Waals surface area contributed by atoms with Crippen molar-refractivity contribution in [2.24, 2.45) is 16.6 Å². The molecule has 1 unspecified atom stereocenters. The van der Waals surface area contributed by atoms with Gasteiger partial charge in [-0.25, -0.2) is 9.98 Å². The van der Waals surface area contributed by atoms with Crippen molar-refractivity contribution in [3.63, 3.8) is 0 Å². The van der Waals surface area contributed by atoms with Crippen molar-refractivity contribution >= 4 is 35.8 Å². The highest BCUT2D eigenvalue weighted by atomic mass is 127. The van der Waals surface area contributed by atoms with E-state index in [4.69, 9.17) is 5.73 Å². The van der Waals surface area contributed by atoms with E-state index in [-0.39, 0.29) is 24.0 Å². The van der Waals surface area contributed by atoms with Crippen molar-refractivity contribution in [3.8, 4) is 0 Å². The van der Waals surface area contributed by atoms with Gasteiger partial charge in [-0.2, -0.15) is 0 Å². The summed E-state index contributed by atoms with van der Waals surface area (Å²) in [6.07, 6.45) is 8.06. The molecule has 2 rings (SSSR count). The first-order chi connectivity index (χ1) is 11.5. The number of guanidine groups is 1. The summed E-state index contributed by atoms with van der Waals surface area (Å²) in [4.78, 5) is 11.3. The summed E-state index contributed by atoms with van der Waals surface area (Å²) in [5, 5.41) is 3.28. The van der Waals surface area contributed by atoms with Crippen molar-refractivity contribution in [1.29, 1.82) is 0 Å². The molecule has 142 valence electrons. The second-order valence-electron chi connectivity index (χ2n) is 7.29. The van der Waals surface area contributed by atoms with Crippen molar-refractivity contribution in [3.05, 3.63) is 23.9 Å². The summed E-state index contributed by atoms with van der Waals surface area (Å²) in [5.74, 6) is 2.36. The number of aliphatic imine (C=N–C) groups is 1. The number of nitrogens with one attached hydrogen (secondary N) is 1. The molecule has 1 saturated heterocycles. The maximum absolute atomic E-state index is 5.99. The van der Waals surface area contributed by atoms with E-state index in [9.17, 15) is 0 Å². The molecule has 0 amide bonds. The first-order valence-electron chi connectivity index (χ1n) is 9.31. The molecule has 1 aromatic rings. The van der Waals surface area contributed by atoms with E-state index in [1.165, 1.54) is 25.7 Å². The van der Waals surface area contributed by atoms with E-state index < -0.39 is 0 Å². The highest BCUT2D eigenvalue weighted by Crippen LogP contribution is 2.17. The minimum atomic E-state index is 0. The fourth-order valence-corrected chi connectivity index (χ4v) is 3.02. The van der Waals surface area contributed by atoms with Gasteiger partial charge in [-0.1, -0.05) is 32.8 Å². The van der Waals surface area contributed by atoms with Crippen LogP contribution >= 0.6 is 24.0 Å². The minimum Gasteiger partial charge on any atom is -0.370 e. The Kier molecular flexibility index (Phi) is 10.2. The van der Waals surface area contributed by atoms with Crippen LogP contribution in [0.5, 0.6) is 0 Å². The number of rotatable bonds is 8. The number of nitrogens with zero attached hydrogens (tertiary/aromatic N) is 3. The van der Waals surface area contributed by atoms with E-state index in [1.54, 1.807) is 0 Å². The molecule has 25 heavy (non-hydrogen) atoms. The van der Waals surface area contributed by atoms with Crippen LogP contribution in [0.1, 0.15) is 58.4 Å². The zero-order valence-corrected chi connectivity index (χ0v) is 18.2. The van der Waals surface area contributed by atoms with Gasteiger partial charge in [0, 0.05) is 25.3 Å². The fraction of sp³-hybridized carbons (Fsp3) is 0.684. The number of nitrogens with two attached hydrogens (primary N) is 1. The summed E-state index contributed by atoms with van der Waals surface area (Å²) < 4.78 is 0. The Labute approximate surface area is 169 Å². The van der Waals surface area contributed by atoms with Gasteiger partial charge in [0.05, 0.1) is 6.54 Å². The van der Waals surface area contributed by atoms with Crippen molar-refractivity contribution in [2.45, 2.75) is 65.5 Å². The third-order valence-corrected chi connectivity index (χ3v) is 4.48. The molecule has 0 bridgehead atoms. The summed E-state index contributed by atoms with van der Waals surface area (Å²) in [7, 11) is 0. The SMILES string of the molecule is CC(C)CCCC(C)NC(N)=NCc1ccc(N2CCCC2)nc1.I. The summed E-state index contributed by atoms with van der Waals surface area (Å²) in [6, 6.07) is 4.56. The molecule has 0 spiro atoms. The molecule has 1 fully saturated rings. The van der Waals surface area contributed by atoms with Crippen molar-refractivity contribution in [1.82, 2.24) is 10.3 Å². The Balaban J connectivity index is 0.00000312. The Morgan fingerprint density at radius 3 is 2.56 bits per heavy atom. The van der Waals surface area contributed by atoms with E-state index >= 15 is 0 Å². The average Bonchev–Trinajstić information content (AvgIpc) is 3.07. The van der Waals surface area contributed by atoms with Gasteiger partial charge in [0.1, 0.15) is 5.82 Å². The molecule has 1 aliphatic rings. The molecular weight excluding hydrogens is 425 g/mol. The third-order valence-electron chi connectivity index (χ3n) is 4.48. The summed E-state index contributed by atoms with van der Waals surface area (Å²) in [6.45, 7) is 9.50. The minimum absolute atomic E-state index is 0. The van der Waals surface area contributed by atoms with Gasteiger partial charge >= 0.3 is 0 Å². The number of halogens is 1. The smallest absolute Gasteiger partial charge is 0.189 e. The maximum Gasteiger partial charge on any atom is 0.189 e. The fourth-order valence-electron chi connectivity index (χ4n) is 3.02. The lowest BCUT2D eigenvalue weighted by Crippen LogP contribution is -2.38. The molecule has 1 aromatic heterocycles. The number of pyridine rings is 1. The van der Waals surface area contributed by atoms with Crippen LogP contribution in [0.4, 0.5) is 5.82 Å². The van der Waals surface area contributed by atoms with Gasteiger partial charge in [-0.05, 0) is 43.7 Å². The topological polar surface area (TPSA) is 66.5 Å². The second-order valence-corrected chi connectivity index (χ2v) is 7.29. The van der Waals surface area contributed by atoms with Crippen LogP contribution in [0.25, 0.3) is 0 Å². The number of aromatic nitrogens is 1. The van der Waals surface area contributed by atoms with Crippen LogP contribution in [0.3, 0.4) is 0 Å². The molecule has 6 heteroatoms. The Hall–Kier alpha value is -1.05. The number of hydrogen-bond donors (Lipinski definition) is 2. The van der Waals surface area contributed by atoms with Gasteiger partial charge in [-0.15, -0.1) is 24.0 Å². The van der Waals surface area contributed by atoms with Crippen molar-refractivity contribution in [2.75, 3.05) is 18.0 Å². The Bertz CT molecular complexity index is 509. The number of anilines is 1. The molecule has 3 N–H and O–H groups in total. The van der Waals surface area contributed by atoms with Crippen LogP contribution in [0.2, 0.25) is 0 Å². The molecular formula is C19H34IN5. The molecule has 0 aromatic carbocycles. The highest BCUT2D eigenvalue weighted by molar-refractivity contribution is 14.0. The van der Waals surface area contributed by atoms with Gasteiger partial charge in [0.15, 0.2) is 5.96 Å². The second kappa shape index (κ2) is 11.5. The zero-order chi connectivity index (χ0) is 17.4. The van der Waals surface area contributed by atoms with Crippen LogP contribution in [-0.4, -0.2) is 30.1 Å². The van der Waals surface area contributed by atoms with E-state index in [2.05, 4.69) is 53.1 Å². The molecule has 1 aliphatic heterocycles. The Morgan fingerprint density at radius 1 is 1.24 bits per heavy atom. The average molecular weight is 459 g/mol. The van der Waals surface area contributed by atoms with E-state index in [1.807, 2.05) is 6.20 Å². The quantitative estimate of drug-likeness (QED) is 0.352. The lowest BCUT2D eigenvalue weighted by Gasteiger charge is -2.16. The highest BCUT2D eigenvalue weighted by Gasteiger charge is 2.12. The van der Waals surface area contributed by atoms with E-state index in [0.717, 1.165) is 36.8 Å². The molecule has 0 saturated carbocycles. The summed E-state index contributed by atoms with van der Waals surface area (Å²) in [5.41, 5.74) is 7.09. The monoisotopic (exact) mass is 459 g/mol. The van der Waals surface area contributed by atoms with Crippen LogP contribution in [0, 0.1) is 5.92 Å². The largest absolute Gasteiger partial charge is 0.370 e. The number of hydrogen-bond acceptors (Lipinski definition) is 3. The van der Waals surface area contributed by atoms with Gasteiger partial charge in [-0.3, -0.25) is 0 Å². The molecule has 0 aliphatic carbocycles. The lowest BCUT2D eigenvalue weighted by atomic mass is 10.0. The van der Waals surface area contributed by atoms with E-state index in [0.29, 0.717) is 18.5 Å².